The minimum Gasteiger partial charge on any atom is -0.299 e. The van der Waals surface area contributed by atoms with Crippen molar-refractivity contribution < 1.29 is 4.79 Å². The van der Waals surface area contributed by atoms with Crippen molar-refractivity contribution >= 4 is 23.7 Å². The smallest absolute Gasteiger partial charge is 0.243 e. The first kappa shape index (κ1) is 17.6. The van der Waals surface area contributed by atoms with Gasteiger partial charge in [0.2, 0.25) is 5.91 Å². The fraction of sp³-hybridized carbons (Fsp3) is 0.316. The fourth-order valence-electron chi connectivity index (χ4n) is 2.91. The van der Waals surface area contributed by atoms with Gasteiger partial charge in [-0.15, -0.1) is 0 Å². The van der Waals surface area contributed by atoms with Gasteiger partial charge >= 0.3 is 0 Å². The van der Waals surface area contributed by atoms with E-state index in [1.54, 1.807) is 18.6 Å². The molecule has 2 aromatic rings. The third-order valence-corrected chi connectivity index (χ3v) is 4.62. The number of piperidine rings is 1. The summed E-state index contributed by atoms with van der Waals surface area (Å²) in [5.74, 6) is 0.0208. The van der Waals surface area contributed by atoms with Crippen LogP contribution in [0.3, 0.4) is 0 Å². The second-order valence-corrected chi connectivity index (χ2v) is 6.63. The molecule has 3 rings (SSSR count). The van der Waals surface area contributed by atoms with Crippen molar-refractivity contribution in [3.05, 3.63) is 64.9 Å². The van der Waals surface area contributed by atoms with Crippen LogP contribution in [0.5, 0.6) is 0 Å². The molecule has 6 heteroatoms. The third-order valence-electron chi connectivity index (χ3n) is 4.37. The summed E-state index contributed by atoms with van der Waals surface area (Å²) in [6, 6.07) is 11.6. The molecule has 1 fully saturated rings. The van der Waals surface area contributed by atoms with Crippen molar-refractivity contribution in [1.29, 1.82) is 0 Å². The van der Waals surface area contributed by atoms with E-state index >= 15 is 0 Å². The Balaban J connectivity index is 1.43. The van der Waals surface area contributed by atoms with Crippen LogP contribution in [0.25, 0.3) is 0 Å². The highest BCUT2D eigenvalue weighted by Crippen LogP contribution is 2.20. The normalized spacial score (nSPS) is 16.2. The molecule has 1 N–H and O–H groups in total. The second kappa shape index (κ2) is 8.74. The SMILES string of the molecule is O=C(NN=Cc1ccncc1)C1CCN(Cc2ccc(Cl)cc2)CC1. The Kier molecular flexibility index (Phi) is 6.14. The standard InChI is InChI=1S/C19H21ClN4O/c20-18-3-1-16(2-4-18)14-24-11-7-17(8-12-24)19(25)23-22-13-15-5-9-21-10-6-15/h1-6,9-10,13,17H,7-8,11-12,14H2,(H,23,25). The van der Waals surface area contributed by atoms with Crippen LogP contribution in [0, 0.1) is 5.92 Å². The lowest BCUT2D eigenvalue weighted by atomic mass is 9.96. The predicted octanol–water partition coefficient (Wildman–Crippen LogP) is 3.10. The number of nitrogens with one attached hydrogen (secondary N) is 1. The number of hydrazone groups is 1. The zero-order chi connectivity index (χ0) is 17.5. The number of pyridine rings is 1. The molecule has 1 saturated heterocycles. The highest BCUT2D eigenvalue weighted by molar-refractivity contribution is 6.30. The van der Waals surface area contributed by atoms with E-state index in [4.69, 9.17) is 11.6 Å². The third kappa shape index (κ3) is 5.37. The Morgan fingerprint density at radius 2 is 1.88 bits per heavy atom. The average molecular weight is 357 g/mol. The molecule has 0 spiro atoms. The van der Waals surface area contributed by atoms with Crippen molar-refractivity contribution in [3.8, 4) is 0 Å². The molecule has 1 aliphatic rings. The lowest BCUT2D eigenvalue weighted by molar-refractivity contribution is -0.126. The maximum absolute atomic E-state index is 12.2. The van der Waals surface area contributed by atoms with E-state index in [-0.39, 0.29) is 11.8 Å². The zero-order valence-corrected chi connectivity index (χ0v) is 14.7. The number of halogens is 1. The van der Waals surface area contributed by atoms with Crippen molar-refractivity contribution in [3.63, 3.8) is 0 Å². The second-order valence-electron chi connectivity index (χ2n) is 6.19. The lowest BCUT2D eigenvalue weighted by Gasteiger charge is -2.30. The van der Waals surface area contributed by atoms with Crippen LogP contribution in [0.1, 0.15) is 24.0 Å². The van der Waals surface area contributed by atoms with Crippen LogP contribution in [0.15, 0.2) is 53.9 Å². The molecule has 0 saturated carbocycles. The summed E-state index contributed by atoms with van der Waals surface area (Å²) < 4.78 is 0. The lowest BCUT2D eigenvalue weighted by Crippen LogP contribution is -2.39. The quantitative estimate of drug-likeness (QED) is 0.661. The molecule has 130 valence electrons. The van der Waals surface area contributed by atoms with Crippen LogP contribution >= 0.6 is 11.6 Å². The monoisotopic (exact) mass is 356 g/mol. The largest absolute Gasteiger partial charge is 0.299 e. The fourth-order valence-corrected chi connectivity index (χ4v) is 3.04. The molecule has 1 aromatic carbocycles. The van der Waals surface area contributed by atoms with Gasteiger partial charge in [-0.1, -0.05) is 23.7 Å². The number of likely N-dealkylation sites (tertiary alicyclic amines) is 1. The molecule has 0 unspecified atom stereocenters. The molecular formula is C19H21ClN4O. The number of carbonyl (C=O) groups is 1. The Hall–Kier alpha value is -2.24. The van der Waals surface area contributed by atoms with Crippen LogP contribution in [-0.4, -0.2) is 35.1 Å². The minimum atomic E-state index is -0.00329. The minimum absolute atomic E-state index is 0.00329. The molecule has 1 amide bonds. The molecule has 2 heterocycles. The molecule has 0 atom stereocenters. The van der Waals surface area contributed by atoms with E-state index in [9.17, 15) is 4.79 Å². The van der Waals surface area contributed by atoms with Gasteiger partial charge in [-0.3, -0.25) is 14.7 Å². The first-order chi connectivity index (χ1) is 12.2. The van der Waals surface area contributed by atoms with Crippen molar-refractivity contribution in [2.45, 2.75) is 19.4 Å². The number of benzene rings is 1. The average Bonchev–Trinajstić information content (AvgIpc) is 2.65. The molecule has 1 aliphatic heterocycles. The Morgan fingerprint density at radius 1 is 1.20 bits per heavy atom. The van der Waals surface area contributed by atoms with E-state index in [0.29, 0.717) is 0 Å². The first-order valence-electron chi connectivity index (χ1n) is 8.40. The first-order valence-corrected chi connectivity index (χ1v) is 8.78. The van der Waals surface area contributed by atoms with E-state index < -0.39 is 0 Å². The Morgan fingerprint density at radius 3 is 2.56 bits per heavy atom. The molecular weight excluding hydrogens is 336 g/mol. The molecule has 0 aliphatic carbocycles. The van der Waals surface area contributed by atoms with E-state index in [1.165, 1.54) is 5.56 Å². The number of carbonyl (C=O) groups excluding carboxylic acids is 1. The topological polar surface area (TPSA) is 57.6 Å². The predicted molar refractivity (Wildman–Crippen MR) is 99.4 cm³/mol. The Bertz CT molecular complexity index is 710. The number of nitrogens with zero attached hydrogens (tertiary/aromatic N) is 3. The zero-order valence-electron chi connectivity index (χ0n) is 13.9. The van der Waals surface area contributed by atoms with Gasteiger partial charge in [-0.2, -0.15) is 5.10 Å². The van der Waals surface area contributed by atoms with E-state index in [1.807, 2.05) is 24.3 Å². The number of hydrogen-bond donors (Lipinski definition) is 1. The molecule has 25 heavy (non-hydrogen) atoms. The summed E-state index contributed by atoms with van der Waals surface area (Å²) >= 11 is 5.92. The van der Waals surface area contributed by atoms with Crippen LogP contribution in [-0.2, 0) is 11.3 Å². The highest BCUT2D eigenvalue weighted by Gasteiger charge is 2.24. The highest BCUT2D eigenvalue weighted by atomic mass is 35.5. The van der Waals surface area contributed by atoms with E-state index in [0.717, 1.165) is 43.1 Å². The molecule has 5 nitrogen and oxygen atoms in total. The van der Waals surface area contributed by atoms with Gasteiger partial charge in [-0.25, -0.2) is 5.43 Å². The summed E-state index contributed by atoms with van der Waals surface area (Å²) in [7, 11) is 0. The summed E-state index contributed by atoms with van der Waals surface area (Å²) in [6.07, 6.45) is 6.73. The van der Waals surface area contributed by atoms with Crippen LogP contribution in [0.4, 0.5) is 0 Å². The van der Waals surface area contributed by atoms with Gasteiger partial charge in [-0.05, 0) is 61.3 Å². The van der Waals surface area contributed by atoms with Crippen molar-refractivity contribution in [2.24, 2.45) is 11.0 Å². The molecule has 0 radical (unpaired) electrons. The molecule has 1 aromatic heterocycles. The van der Waals surface area contributed by atoms with Crippen molar-refractivity contribution in [2.75, 3.05) is 13.1 Å². The maximum atomic E-state index is 12.2. The summed E-state index contributed by atoms with van der Waals surface area (Å²) in [4.78, 5) is 18.5. The number of hydrogen-bond acceptors (Lipinski definition) is 4. The van der Waals surface area contributed by atoms with Gasteiger partial charge in [0.1, 0.15) is 0 Å². The van der Waals surface area contributed by atoms with Gasteiger partial charge < -0.3 is 0 Å². The summed E-state index contributed by atoms with van der Waals surface area (Å²) in [5.41, 5.74) is 4.80. The van der Waals surface area contributed by atoms with Crippen LogP contribution < -0.4 is 5.43 Å². The number of amides is 1. The van der Waals surface area contributed by atoms with E-state index in [2.05, 4.69) is 32.5 Å². The van der Waals surface area contributed by atoms with Crippen molar-refractivity contribution in [1.82, 2.24) is 15.3 Å². The summed E-state index contributed by atoms with van der Waals surface area (Å²) in [5, 5.41) is 4.79. The molecule has 0 bridgehead atoms. The number of rotatable bonds is 5. The van der Waals surface area contributed by atoms with Crippen LogP contribution in [0.2, 0.25) is 5.02 Å². The van der Waals surface area contributed by atoms with Gasteiger partial charge in [0.15, 0.2) is 0 Å². The van der Waals surface area contributed by atoms with Gasteiger partial charge in [0.05, 0.1) is 6.21 Å². The number of aromatic nitrogens is 1. The maximum Gasteiger partial charge on any atom is 0.243 e. The summed E-state index contributed by atoms with van der Waals surface area (Å²) in [6.45, 7) is 2.72. The van der Waals surface area contributed by atoms with Gasteiger partial charge in [0.25, 0.3) is 0 Å². The Labute approximate surface area is 152 Å². The van der Waals surface area contributed by atoms with Gasteiger partial charge in [0, 0.05) is 29.9 Å².